The third kappa shape index (κ3) is 4.52. The Kier molecular flexibility index (Phi) is 6.34. The zero-order valence-corrected chi connectivity index (χ0v) is 17.4. The molecule has 0 saturated carbocycles. The van der Waals surface area contributed by atoms with Crippen LogP contribution in [0.25, 0.3) is 0 Å². The second kappa shape index (κ2) is 8.57. The van der Waals surface area contributed by atoms with E-state index in [2.05, 4.69) is 9.88 Å². The zero-order chi connectivity index (χ0) is 20.3. The van der Waals surface area contributed by atoms with E-state index >= 15 is 0 Å². The predicted molar refractivity (Wildman–Crippen MR) is 108 cm³/mol. The number of carbonyl (C=O) groups is 1. The number of piperazine rings is 1. The molecule has 0 bridgehead atoms. The van der Waals surface area contributed by atoms with Crippen molar-refractivity contribution in [3.05, 3.63) is 58.9 Å². The highest BCUT2D eigenvalue weighted by Crippen LogP contribution is 2.25. The summed E-state index contributed by atoms with van der Waals surface area (Å²) in [5.74, 6) is -0.187. The molecule has 0 spiro atoms. The number of amides is 1. The number of nitrogens with zero attached hydrogens (tertiary/aromatic N) is 4. The number of aromatic nitrogens is 1. The smallest absolute Gasteiger partial charge is 0.253 e. The van der Waals surface area contributed by atoms with E-state index in [1.165, 1.54) is 26.2 Å². The number of carbonyl (C=O) groups excluding carboxylic acids is 1. The SMILES string of the molecule is CN(C)S(=O)(=O)c1cc(C(=O)N2CCN(Cc3cccnc3)CC2)ccc1Cl. The summed E-state index contributed by atoms with van der Waals surface area (Å²) >= 11 is 6.07. The van der Waals surface area contributed by atoms with Crippen molar-refractivity contribution < 1.29 is 13.2 Å². The summed E-state index contributed by atoms with van der Waals surface area (Å²) < 4.78 is 25.9. The first-order valence-electron chi connectivity index (χ1n) is 8.91. The minimum Gasteiger partial charge on any atom is -0.336 e. The monoisotopic (exact) mass is 422 g/mol. The second-order valence-electron chi connectivity index (χ2n) is 6.86. The molecule has 1 amide bonds. The molecular weight excluding hydrogens is 400 g/mol. The molecule has 1 aliphatic heterocycles. The highest BCUT2D eigenvalue weighted by molar-refractivity contribution is 7.89. The van der Waals surface area contributed by atoms with E-state index in [1.54, 1.807) is 17.2 Å². The third-order valence-electron chi connectivity index (χ3n) is 4.73. The molecule has 1 fully saturated rings. The van der Waals surface area contributed by atoms with Crippen molar-refractivity contribution in [2.75, 3.05) is 40.3 Å². The normalized spacial score (nSPS) is 15.8. The summed E-state index contributed by atoms with van der Waals surface area (Å²) in [7, 11) is -0.857. The van der Waals surface area contributed by atoms with Crippen LogP contribution in [0.15, 0.2) is 47.6 Å². The Morgan fingerprint density at radius 2 is 1.89 bits per heavy atom. The lowest BCUT2D eigenvalue weighted by Gasteiger charge is -2.34. The molecule has 150 valence electrons. The van der Waals surface area contributed by atoms with E-state index in [1.807, 2.05) is 18.3 Å². The number of pyridine rings is 1. The minimum absolute atomic E-state index is 0.0553. The van der Waals surface area contributed by atoms with Gasteiger partial charge in [0.1, 0.15) is 4.90 Å². The van der Waals surface area contributed by atoms with Gasteiger partial charge in [0.05, 0.1) is 5.02 Å². The van der Waals surface area contributed by atoms with Crippen LogP contribution in [-0.2, 0) is 16.6 Å². The second-order valence-corrected chi connectivity index (χ2v) is 9.39. The summed E-state index contributed by atoms with van der Waals surface area (Å²) in [6, 6.07) is 8.34. The Bertz CT molecular complexity index is 943. The lowest BCUT2D eigenvalue weighted by molar-refractivity contribution is 0.0628. The Balaban J connectivity index is 1.69. The van der Waals surface area contributed by atoms with Crippen LogP contribution in [-0.4, -0.2) is 73.7 Å². The predicted octanol–water partition coefficient (Wildman–Crippen LogP) is 1.94. The molecule has 7 nitrogen and oxygen atoms in total. The lowest BCUT2D eigenvalue weighted by atomic mass is 10.1. The number of halogens is 1. The van der Waals surface area contributed by atoms with E-state index in [0.29, 0.717) is 18.7 Å². The largest absolute Gasteiger partial charge is 0.336 e. The van der Waals surface area contributed by atoms with Gasteiger partial charge in [-0.2, -0.15) is 0 Å². The van der Waals surface area contributed by atoms with Gasteiger partial charge in [-0.3, -0.25) is 14.7 Å². The first kappa shape index (κ1) is 20.7. The van der Waals surface area contributed by atoms with Crippen LogP contribution < -0.4 is 0 Å². The molecule has 1 saturated heterocycles. The number of hydrogen-bond acceptors (Lipinski definition) is 5. The number of rotatable bonds is 5. The Hall–Kier alpha value is -2.00. The molecule has 28 heavy (non-hydrogen) atoms. The molecular formula is C19H23ClN4O3S. The molecule has 0 atom stereocenters. The van der Waals surface area contributed by atoms with Gasteiger partial charge in [0.15, 0.2) is 0 Å². The van der Waals surface area contributed by atoms with Crippen LogP contribution >= 0.6 is 11.6 Å². The topological polar surface area (TPSA) is 73.8 Å². The van der Waals surface area contributed by atoms with E-state index in [-0.39, 0.29) is 15.8 Å². The fraction of sp³-hybridized carbons (Fsp3) is 0.368. The average molecular weight is 423 g/mol. The third-order valence-corrected chi connectivity index (χ3v) is 7.02. The molecule has 0 unspecified atom stereocenters. The molecule has 0 N–H and O–H groups in total. The van der Waals surface area contributed by atoms with Gasteiger partial charge in [-0.25, -0.2) is 12.7 Å². The van der Waals surface area contributed by atoms with Crippen LogP contribution in [0.4, 0.5) is 0 Å². The van der Waals surface area contributed by atoms with E-state index < -0.39 is 10.0 Å². The van der Waals surface area contributed by atoms with Crippen LogP contribution in [0.5, 0.6) is 0 Å². The Morgan fingerprint density at radius 3 is 2.50 bits per heavy atom. The number of hydrogen-bond donors (Lipinski definition) is 0. The summed E-state index contributed by atoms with van der Waals surface area (Å²) in [5.41, 5.74) is 1.46. The first-order chi connectivity index (χ1) is 13.3. The van der Waals surface area contributed by atoms with Gasteiger partial charge in [-0.1, -0.05) is 17.7 Å². The maximum atomic E-state index is 12.9. The average Bonchev–Trinajstić information content (AvgIpc) is 2.69. The van der Waals surface area contributed by atoms with Crippen LogP contribution in [0.3, 0.4) is 0 Å². The van der Waals surface area contributed by atoms with Crippen LogP contribution in [0, 0.1) is 0 Å². The molecule has 0 radical (unpaired) electrons. The fourth-order valence-corrected chi connectivity index (χ4v) is 4.47. The molecule has 1 aromatic carbocycles. The Labute approximate surface area is 170 Å². The summed E-state index contributed by atoms with van der Waals surface area (Å²) in [5, 5.41) is 0.103. The van der Waals surface area contributed by atoms with E-state index in [4.69, 9.17) is 11.6 Å². The van der Waals surface area contributed by atoms with Crippen molar-refractivity contribution in [1.29, 1.82) is 0 Å². The van der Waals surface area contributed by atoms with Crippen molar-refractivity contribution in [3.8, 4) is 0 Å². The van der Waals surface area contributed by atoms with Crippen molar-refractivity contribution >= 4 is 27.5 Å². The van der Waals surface area contributed by atoms with Gasteiger partial charge in [-0.05, 0) is 29.8 Å². The van der Waals surface area contributed by atoms with Crippen molar-refractivity contribution in [2.24, 2.45) is 0 Å². The van der Waals surface area contributed by atoms with Gasteiger partial charge in [-0.15, -0.1) is 0 Å². The number of sulfonamides is 1. The van der Waals surface area contributed by atoms with Gasteiger partial charge < -0.3 is 4.90 Å². The van der Waals surface area contributed by atoms with Crippen LogP contribution in [0.2, 0.25) is 5.02 Å². The van der Waals surface area contributed by atoms with Crippen molar-refractivity contribution in [2.45, 2.75) is 11.4 Å². The van der Waals surface area contributed by atoms with Crippen LogP contribution in [0.1, 0.15) is 15.9 Å². The standard InChI is InChI=1S/C19H23ClN4O3S/c1-22(2)28(26,27)18-12-16(5-6-17(18)20)19(25)24-10-8-23(9-11-24)14-15-4-3-7-21-13-15/h3-7,12-13H,8-11,14H2,1-2H3. The highest BCUT2D eigenvalue weighted by atomic mass is 35.5. The molecule has 2 heterocycles. The lowest BCUT2D eigenvalue weighted by Crippen LogP contribution is -2.48. The molecule has 1 aromatic heterocycles. The quantitative estimate of drug-likeness (QED) is 0.736. The summed E-state index contributed by atoms with van der Waals surface area (Å²) in [6.07, 6.45) is 3.59. The highest BCUT2D eigenvalue weighted by Gasteiger charge is 2.26. The molecule has 2 aromatic rings. The molecule has 9 heteroatoms. The zero-order valence-electron chi connectivity index (χ0n) is 15.9. The molecule has 0 aliphatic carbocycles. The minimum atomic E-state index is -3.72. The maximum absolute atomic E-state index is 12.9. The first-order valence-corrected chi connectivity index (χ1v) is 10.7. The molecule has 1 aliphatic rings. The summed E-state index contributed by atoms with van der Waals surface area (Å²) in [4.78, 5) is 21.0. The van der Waals surface area contributed by atoms with Gasteiger partial charge >= 0.3 is 0 Å². The number of benzene rings is 1. The van der Waals surface area contributed by atoms with E-state index in [0.717, 1.165) is 29.5 Å². The Morgan fingerprint density at radius 1 is 1.18 bits per heavy atom. The maximum Gasteiger partial charge on any atom is 0.253 e. The van der Waals surface area contributed by atoms with Gasteiger partial charge in [0.2, 0.25) is 10.0 Å². The van der Waals surface area contributed by atoms with Gasteiger partial charge in [0.25, 0.3) is 5.91 Å². The molecule has 3 rings (SSSR count). The van der Waals surface area contributed by atoms with E-state index in [9.17, 15) is 13.2 Å². The van der Waals surface area contributed by atoms with Crippen molar-refractivity contribution in [3.63, 3.8) is 0 Å². The fourth-order valence-electron chi connectivity index (χ4n) is 3.07. The summed E-state index contributed by atoms with van der Waals surface area (Å²) in [6.45, 7) is 3.45. The van der Waals surface area contributed by atoms with Crippen molar-refractivity contribution in [1.82, 2.24) is 19.1 Å². The van der Waals surface area contributed by atoms with Gasteiger partial charge in [0, 0.05) is 64.8 Å².